The summed E-state index contributed by atoms with van der Waals surface area (Å²) < 4.78 is 0. The maximum absolute atomic E-state index is 11.9. The zero-order valence-electron chi connectivity index (χ0n) is 12.0. The minimum Gasteiger partial charge on any atom is -0.351 e. The van der Waals surface area contributed by atoms with Gasteiger partial charge in [0, 0.05) is 5.70 Å². The molecule has 0 fully saturated rings. The lowest BCUT2D eigenvalue weighted by Gasteiger charge is -2.24. The van der Waals surface area contributed by atoms with Gasteiger partial charge in [-0.15, -0.1) is 0 Å². The van der Waals surface area contributed by atoms with Crippen LogP contribution in [0.25, 0.3) is 0 Å². The molecule has 2 rings (SSSR count). The summed E-state index contributed by atoms with van der Waals surface area (Å²) >= 11 is 0. The van der Waals surface area contributed by atoms with Gasteiger partial charge in [-0.25, -0.2) is 4.79 Å². The topological polar surface area (TPSA) is 46.3 Å². The van der Waals surface area contributed by atoms with E-state index in [2.05, 4.69) is 19.6 Å². The summed E-state index contributed by atoms with van der Waals surface area (Å²) in [5.74, 6) is 0.316. The normalized spacial score (nSPS) is 22.5. The van der Waals surface area contributed by atoms with Gasteiger partial charge in [0.25, 0.3) is 0 Å². The van der Waals surface area contributed by atoms with E-state index in [4.69, 9.17) is 5.73 Å². The van der Waals surface area contributed by atoms with Crippen LogP contribution in [0.1, 0.15) is 31.7 Å². The molecule has 0 spiro atoms. The first-order valence-electron chi connectivity index (χ1n) is 6.77. The quantitative estimate of drug-likeness (QED) is 0.819. The second kappa shape index (κ2) is 5.78. The SMILES string of the molecule is C=C/C=C1/CC(C)c2ccccc2N(C(N)=O)/C1=C/C. The molecule has 1 atom stereocenters. The van der Waals surface area contributed by atoms with E-state index < -0.39 is 6.03 Å². The van der Waals surface area contributed by atoms with Gasteiger partial charge in [-0.2, -0.15) is 0 Å². The highest BCUT2D eigenvalue weighted by molar-refractivity contribution is 5.96. The van der Waals surface area contributed by atoms with Crippen molar-refractivity contribution in [2.24, 2.45) is 5.73 Å². The Bertz CT molecular complexity index is 599. The Hall–Kier alpha value is -2.29. The van der Waals surface area contributed by atoms with Crippen LogP contribution in [0.4, 0.5) is 10.5 Å². The average molecular weight is 268 g/mol. The minimum absolute atomic E-state index is 0.316. The van der Waals surface area contributed by atoms with Crippen molar-refractivity contribution in [2.45, 2.75) is 26.2 Å². The molecule has 0 aromatic heterocycles. The molecule has 0 bridgehead atoms. The third kappa shape index (κ3) is 2.39. The predicted octanol–water partition coefficient (Wildman–Crippen LogP) is 4.10. The molecule has 1 unspecified atom stereocenters. The molecule has 0 aliphatic carbocycles. The van der Waals surface area contributed by atoms with Crippen molar-refractivity contribution < 1.29 is 4.79 Å². The summed E-state index contributed by atoms with van der Waals surface area (Å²) in [6.45, 7) is 7.84. The van der Waals surface area contributed by atoms with Crippen LogP contribution in [0.15, 0.2) is 60.3 Å². The maximum atomic E-state index is 11.9. The summed E-state index contributed by atoms with van der Waals surface area (Å²) in [7, 11) is 0. The fourth-order valence-electron chi connectivity index (χ4n) is 2.77. The average Bonchev–Trinajstić information content (AvgIpc) is 2.54. The lowest BCUT2D eigenvalue weighted by Crippen LogP contribution is -2.35. The molecule has 1 heterocycles. The number of urea groups is 1. The number of anilines is 1. The van der Waals surface area contributed by atoms with Gasteiger partial charge in [-0.1, -0.05) is 49.9 Å². The number of nitrogens with two attached hydrogens (primary N) is 1. The number of primary amides is 1. The number of carbonyl (C=O) groups excluding carboxylic acids is 1. The Morgan fingerprint density at radius 2 is 2.15 bits per heavy atom. The van der Waals surface area contributed by atoms with Gasteiger partial charge in [0.05, 0.1) is 5.69 Å². The molecule has 0 saturated heterocycles. The number of allylic oxidation sites excluding steroid dienone is 4. The van der Waals surface area contributed by atoms with E-state index in [0.717, 1.165) is 28.9 Å². The van der Waals surface area contributed by atoms with Gasteiger partial charge >= 0.3 is 6.03 Å². The Kier molecular flexibility index (Phi) is 4.08. The van der Waals surface area contributed by atoms with Gasteiger partial charge in [0.2, 0.25) is 0 Å². The number of amides is 2. The van der Waals surface area contributed by atoms with Crippen LogP contribution < -0.4 is 10.6 Å². The number of hydrogen-bond acceptors (Lipinski definition) is 1. The summed E-state index contributed by atoms with van der Waals surface area (Å²) in [4.78, 5) is 13.5. The summed E-state index contributed by atoms with van der Waals surface area (Å²) in [5, 5.41) is 0. The fourth-order valence-corrected chi connectivity index (χ4v) is 2.77. The number of nitrogens with zero attached hydrogens (tertiary/aromatic N) is 1. The van der Waals surface area contributed by atoms with Crippen LogP contribution in [-0.4, -0.2) is 6.03 Å². The zero-order chi connectivity index (χ0) is 14.7. The van der Waals surface area contributed by atoms with Crippen molar-refractivity contribution in [1.29, 1.82) is 0 Å². The van der Waals surface area contributed by atoms with Gasteiger partial charge in [-0.05, 0) is 36.5 Å². The second-order valence-electron chi connectivity index (χ2n) is 4.94. The van der Waals surface area contributed by atoms with Gasteiger partial charge in [-0.3, -0.25) is 4.90 Å². The number of carbonyl (C=O) groups is 1. The molecule has 1 aliphatic rings. The van der Waals surface area contributed by atoms with Crippen molar-refractivity contribution in [3.63, 3.8) is 0 Å². The van der Waals surface area contributed by atoms with E-state index in [9.17, 15) is 4.79 Å². The zero-order valence-corrected chi connectivity index (χ0v) is 12.0. The van der Waals surface area contributed by atoms with E-state index in [1.165, 1.54) is 0 Å². The fraction of sp³-hybridized carbons (Fsp3) is 0.235. The highest BCUT2D eigenvalue weighted by atomic mass is 16.2. The summed E-state index contributed by atoms with van der Waals surface area (Å²) in [5.41, 5.74) is 9.54. The lowest BCUT2D eigenvalue weighted by molar-refractivity contribution is 0.255. The Labute approximate surface area is 120 Å². The molecule has 2 amide bonds. The summed E-state index contributed by atoms with van der Waals surface area (Å²) in [6.07, 6.45) is 6.48. The van der Waals surface area contributed by atoms with E-state index >= 15 is 0 Å². The molecule has 3 nitrogen and oxygen atoms in total. The first-order chi connectivity index (χ1) is 9.60. The number of para-hydroxylation sites is 1. The molecule has 2 N–H and O–H groups in total. The first-order valence-corrected chi connectivity index (χ1v) is 6.77. The number of fused-ring (bicyclic) bond motifs is 1. The Morgan fingerprint density at radius 1 is 1.45 bits per heavy atom. The van der Waals surface area contributed by atoms with Crippen LogP contribution in [0.3, 0.4) is 0 Å². The van der Waals surface area contributed by atoms with Crippen molar-refractivity contribution in [3.8, 4) is 0 Å². The molecule has 0 radical (unpaired) electrons. The molecule has 1 aromatic carbocycles. The van der Waals surface area contributed by atoms with Gasteiger partial charge in [0.1, 0.15) is 0 Å². The predicted molar refractivity (Wildman–Crippen MR) is 83.6 cm³/mol. The van der Waals surface area contributed by atoms with Crippen molar-refractivity contribution in [3.05, 3.63) is 65.9 Å². The molecule has 104 valence electrons. The van der Waals surface area contributed by atoms with Crippen LogP contribution in [0.5, 0.6) is 0 Å². The Morgan fingerprint density at radius 3 is 2.75 bits per heavy atom. The van der Waals surface area contributed by atoms with Gasteiger partial charge in [0.15, 0.2) is 0 Å². The minimum atomic E-state index is -0.463. The lowest BCUT2D eigenvalue weighted by atomic mass is 9.93. The van der Waals surface area contributed by atoms with E-state index in [1.54, 1.807) is 11.0 Å². The van der Waals surface area contributed by atoms with E-state index in [1.807, 2.05) is 37.3 Å². The standard InChI is InChI=1S/C17H20N2O/c1-4-8-13-11-12(3)14-9-6-7-10-16(14)19(17(18)20)15(13)5-2/h4-10,12H,1,11H2,2-3H3,(H2,18,20)/b13-8-,15-5+. The molecule has 1 aromatic rings. The van der Waals surface area contributed by atoms with Crippen LogP contribution in [0, 0.1) is 0 Å². The highest BCUT2D eigenvalue weighted by Gasteiger charge is 2.28. The highest BCUT2D eigenvalue weighted by Crippen LogP contribution is 2.40. The van der Waals surface area contributed by atoms with Crippen molar-refractivity contribution >= 4 is 11.7 Å². The third-order valence-electron chi connectivity index (χ3n) is 3.62. The molecule has 3 heteroatoms. The number of benzene rings is 1. The summed E-state index contributed by atoms with van der Waals surface area (Å²) in [6, 6.07) is 7.45. The number of rotatable bonds is 1. The number of hydrogen-bond donors (Lipinski definition) is 1. The molecular formula is C17H20N2O. The van der Waals surface area contributed by atoms with Crippen LogP contribution >= 0.6 is 0 Å². The third-order valence-corrected chi connectivity index (χ3v) is 3.62. The van der Waals surface area contributed by atoms with Crippen molar-refractivity contribution in [2.75, 3.05) is 4.90 Å². The van der Waals surface area contributed by atoms with E-state index in [0.29, 0.717) is 5.92 Å². The molecule has 20 heavy (non-hydrogen) atoms. The van der Waals surface area contributed by atoms with Gasteiger partial charge < -0.3 is 5.73 Å². The van der Waals surface area contributed by atoms with Crippen molar-refractivity contribution in [1.82, 2.24) is 0 Å². The molecule has 1 aliphatic heterocycles. The van der Waals surface area contributed by atoms with E-state index in [-0.39, 0.29) is 0 Å². The maximum Gasteiger partial charge on any atom is 0.323 e. The molecule has 0 saturated carbocycles. The van der Waals surface area contributed by atoms with Crippen LogP contribution in [-0.2, 0) is 0 Å². The molecular weight excluding hydrogens is 248 g/mol. The smallest absolute Gasteiger partial charge is 0.323 e. The monoisotopic (exact) mass is 268 g/mol. The largest absolute Gasteiger partial charge is 0.351 e. The Balaban J connectivity index is 2.70. The first kappa shape index (κ1) is 14.1. The van der Waals surface area contributed by atoms with Crippen LogP contribution in [0.2, 0.25) is 0 Å². The second-order valence-corrected chi connectivity index (χ2v) is 4.94.